The van der Waals surface area contributed by atoms with Crippen LogP contribution in [0.1, 0.15) is 15.9 Å². The fourth-order valence-corrected chi connectivity index (χ4v) is 3.16. The Kier molecular flexibility index (Phi) is 5.55. The van der Waals surface area contributed by atoms with Crippen LogP contribution < -0.4 is 10.4 Å². The van der Waals surface area contributed by atoms with E-state index in [1.54, 1.807) is 60.7 Å². The normalized spacial score (nSPS) is 10.7. The van der Waals surface area contributed by atoms with Gasteiger partial charge in [0.2, 0.25) is 0 Å². The van der Waals surface area contributed by atoms with Gasteiger partial charge in [-0.25, -0.2) is 9.59 Å². The van der Waals surface area contributed by atoms with Gasteiger partial charge in [-0.3, -0.25) is 0 Å². The molecule has 0 unspecified atom stereocenters. The predicted molar refractivity (Wildman–Crippen MR) is 115 cm³/mol. The van der Waals surface area contributed by atoms with E-state index < -0.39 is 5.63 Å². The van der Waals surface area contributed by atoms with Crippen LogP contribution in [0.2, 0.25) is 5.02 Å². The zero-order chi connectivity index (χ0) is 21.1. The molecule has 1 heterocycles. The van der Waals surface area contributed by atoms with Gasteiger partial charge in [0.15, 0.2) is 0 Å². The number of methoxy groups -OCH3 is 1. The smallest absolute Gasteiger partial charge is 0.344 e. The Labute approximate surface area is 177 Å². The Bertz CT molecular complexity index is 1260. The molecular weight excluding hydrogens is 404 g/mol. The summed E-state index contributed by atoms with van der Waals surface area (Å²) in [6.45, 7) is 0.306. The van der Waals surface area contributed by atoms with Crippen molar-refractivity contribution in [3.63, 3.8) is 0 Å². The van der Waals surface area contributed by atoms with E-state index in [4.69, 9.17) is 20.8 Å². The Morgan fingerprint density at radius 2 is 1.70 bits per heavy atom. The quantitative estimate of drug-likeness (QED) is 0.316. The third-order valence-corrected chi connectivity index (χ3v) is 4.90. The first-order valence-corrected chi connectivity index (χ1v) is 9.55. The molecule has 6 heteroatoms. The zero-order valence-electron chi connectivity index (χ0n) is 16.1. The number of carbonyl (C=O) groups is 1. The third-order valence-electron chi connectivity index (χ3n) is 4.64. The summed E-state index contributed by atoms with van der Waals surface area (Å²) in [5.74, 6) is 0.187. The second-order valence-electron chi connectivity index (χ2n) is 6.63. The van der Waals surface area contributed by atoms with Crippen LogP contribution in [0.3, 0.4) is 0 Å². The molecular formula is C24H17ClO5. The van der Waals surface area contributed by atoms with Crippen molar-refractivity contribution < 1.29 is 18.7 Å². The molecule has 150 valence electrons. The van der Waals surface area contributed by atoms with Crippen LogP contribution in [0.5, 0.6) is 5.75 Å². The molecule has 0 fully saturated rings. The maximum atomic E-state index is 12.4. The highest BCUT2D eigenvalue weighted by Crippen LogP contribution is 2.25. The van der Waals surface area contributed by atoms with E-state index in [1.807, 2.05) is 12.1 Å². The average Bonchev–Trinajstić information content (AvgIpc) is 2.77. The fourth-order valence-electron chi connectivity index (χ4n) is 3.03. The summed E-state index contributed by atoms with van der Waals surface area (Å²) in [4.78, 5) is 23.9. The molecule has 0 aliphatic carbocycles. The largest absolute Gasteiger partial charge is 0.489 e. The van der Waals surface area contributed by atoms with Crippen molar-refractivity contribution in [3.05, 3.63) is 99.4 Å². The van der Waals surface area contributed by atoms with Gasteiger partial charge in [0.25, 0.3) is 0 Å². The lowest BCUT2D eigenvalue weighted by Crippen LogP contribution is -2.03. The van der Waals surface area contributed by atoms with Crippen molar-refractivity contribution in [1.82, 2.24) is 0 Å². The van der Waals surface area contributed by atoms with Gasteiger partial charge in [0.05, 0.1) is 18.2 Å². The Morgan fingerprint density at radius 3 is 2.40 bits per heavy atom. The number of halogens is 1. The van der Waals surface area contributed by atoms with Gasteiger partial charge in [-0.2, -0.15) is 0 Å². The van der Waals surface area contributed by atoms with Gasteiger partial charge in [-0.05, 0) is 53.6 Å². The molecule has 0 saturated carbocycles. The van der Waals surface area contributed by atoms with Crippen molar-refractivity contribution in [1.29, 1.82) is 0 Å². The van der Waals surface area contributed by atoms with E-state index in [2.05, 4.69) is 4.74 Å². The molecule has 3 aromatic carbocycles. The minimum absolute atomic E-state index is 0.306. The molecule has 0 N–H and O–H groups in total. The topological polar surface area (TPSA) is 65.7 Å². The molecule has 30 heavy (non-hydrogen) atoms. The van der Waals surface area contributed by atoms with Crippen molar-refractivity contribution in [2.24, 2.45) is 0 Å². The number of hydrogen-bond acceptors (Lipinski definition) is 5. The van der Waals surface area contributed by atoms with E-state index in [-0.39, 0.29) is 5.97 Å². The van der Waals surface area contributed by atoms with Crippen LogP contribution in [0.4, 0.5) is 0 Å². The number of fused-ring (bicyclic) bond motifs is 1. The molecule has 4 rings (SSSR count). The summed E-state index contributed by atoms with van der Waals surface area (Å²) in [6.07, 6.45) is 0. The predicted octanol–water partition coefficient (Wildman–Crippen LogP) is 5.48. The van der Waals surface area contributed by atoms with Crippen LogP contribution in [0, 0.1) is 0 Å². The summed E-state index contributed by atoms with van der Waals surface area (Å²) >= 11 is 5.92. The number of rotatable bonds is 5. The Morgan fingerprint density at radius 1 is 0.967 bits per heavy atom. The van der Waals surface area contributed by atoms with Gasteiger partial charge in [0, 0.05) is 16.5 Å². The van der Waals surface area contributed by atoms with Crippen LogP contribution in [0.15, 0.2) is 82.0 Å². The number of esters is 1. The molecule has 0 aliphatic rings. The maximum absolute atomic E-state index is 12.4. The second kappa shape index (κ2) is 8.43. The lowest BCUT2D eigenvalue weighted by Gasteiger charge is -2.08. The van der Waals surface area contributed by atoms with Gasteiger partial charge in [-0.1, -0.05) is 35.9 Å². The van der Waals surface area contributed by atoms with Crippen molar-refractivity contribution in [2.45, 2.75) is 6.61 Å². The SMILES string of the molecule is COC(=O)c1ccc(COc2ccc3cc(-c4ccc(Cl)cc4)c(=O)oc3c2)cc1. The van der Waals surface area contributed by atoms with E-state index in [0.717, 1.165) is 16.5 Å². The third kappa shape index (κ3) is 4.21. The van der Waals surface area contributed by atoms with Crippen LogP contribution in [-0.2, 0) is 11.3 Å². The van der Waals surface area contributed by atoms with Crippen LogP contribution >= 0.6 is 11.6 Å². The van der Waals surface area contributed by atoms with E-state index in [9.17, 15) is 9.59 Å². The molecule has 0 spiro atoms. The number of hydrogen-bond donors (Lipinski definition) is 0. The molecule has 0 aliphatic heterocycles. The van der Waals surface area contributed by atoms with Gasteiger partial charge < -0.3 is 13.9 Å². The van der Waals surface area contributed by atoms with Gasteiger partial charge in [0.1, 0.15) is 17.9 Å². The highest BCUT2D eigenvalue weighted by molar-refractivity contribution is 6.30. The summed E-state index contributed by atoms with van der Waals surface area (Å²) < 4.78 is 16.0. The molecule has 0 amide bonds. The summed E-state index contributed by atoms with van der Waals surface area (Å²) in [5, 5.41) is 1.39. The highest BCUT2D eigenvalue weighted by atomic mass is 35.5. The van der Waals surface area contributed by atoms with E-state index in [0.29, 0.717) is 34.1 Å². The zero-order valence-corrected chi connectivity index (χ0v) is 16.8. The van der Waals surface area contributed by atoms with Gasteiger partial charge >= 0.3 is 11.6 Å². The maximum Gasteiger partial charge on any atom is 0.344 e. The molecule has 0 atom stereocenters. The Balaban J connectivity index is 1.53. The highest BCUT2D eigenvalue weighted by Gasteiger charge is 2.09. The first-order chi connectivity index (χ1) is 14.5. The summed E-state index contributed by atoms with van der Waals surface area (Å²) in [6, 6.07) is 21.1. The summed E-state index contributed by atoms with van der Waals surface area (Å²) in [5.41, 5.74) is 2.59. The number of ether oxygens (including phenoxy) is 2. The first kappa shape index (κ1) is 19.7. The lowest BCUT2D eigenvalue weighted by atomic mass is 10.1. The van der Waals surface area contributed by atoms with Crippen LogP contribution in [-0.4, -0.2) is 13.1 Å². The van der Waals surface area contributed by atoms with Gasteiger partial charge in [-0.15, -0.1) is 0 Å². The summed E-state index contributed by atoms with van der Waals surface area (Å²) in [7, 11) is 1.34. The first-order valence-electron chi connectivity index (χ1n) is 9.17. The monoisotopic (exact) mass is 420 g/mol. The fraction of sp³-hybridized carbons (Fsp3) is 0.0833. The number of benzene rings is 3. The molecule has 4 aromatic rings. The van der Waals surface area contributed by atoms with Crippen molar-refractivity contribution >= 4 is 28.5 Å². The number of carbonyl (C=O) groups excluding carboxylic acids is 1. The van der Waals surface area contributed by atoms with E-state index in [1.165, 1.54) is 7.11 Å². The van der Waals surface area contributed by atoms with Crippen molar-refractivity contribution in [2.75, 3.05) is 7.11 Å². The molecule has 0 radical (unpaired) electrons. The van der Waals surface area contributed by atoms with Crippen molar-refractivity contribution in [3.8, 4) is 16.9 Å². The molecule has 0 saturated heterocycles. The Hall–Kier alpha value is -3.57. The average molecular weight is 421 g/mol. The standard InChI is InChI=1S/C24H17ClO5/c1-28-23(26)17-4-2-15(3-5-17)14-29-20-11-8-18-12-21(24(27)30-22(18)13-20)16-6-9-19(25)10-7-16/h2-13H,14H2,1H3. The second-order valence-corrected chi connectivity index (χ2v) is 7.07. The molecule has 1 aromatic heterocycles. The lowest BCUT2D eigenvalue weighted by molar-refractivity contribution is 0.0600. The van der Waals surface area contributed by atoms with E-state index >= 15 is 0 Å². The minimum Gasteiger partial charge on any atom is -0.489 e. The van der Waals surface area contributed by atoms with Crippen LogP contribution in [0.25, 0.3) is 22.1 Å². The molecule has 5 nitrogen and oxygen atoms in total. The molecule has 0 bridgehead atoms. The minimum atomic E-state index is -0.430.